The van der Waals surface area contributed by atoms with E-state index in [1.165, 1.54) is 43.2 Å². The van der Waals surface area contributed by atoms with E-state index in [0.29, 0.717) is 17.4 Å². The van der Waals surface area contributed by atoms with Crippen LogP contribution in [-0.4, -0.2) is 10.2 Å². The molecule has 2 N–H and O–H groups in total. The number of phenolic OH excluding ortho intramolecular Hbond substituents is 2. The fraction of sp³-hybridized carbons (Fsp3) is 0.250. The van der Waals surface area contributed by atoms with Crippen LogP contribution in [0.15, 0.2) is 97.1 Å². The Hall–Kier alpha value is -3.52. The Morgan fingerprint density at radius 1 is 0.588 bits per heavy atom. The maximum atomic E-state index is 10.7. The molecule has 1 saturated carbocycles. The average Bonchev–Trinajstić information content (AvgIpc) is 2.90. The minimum Gasteiger partial charge on any atom is -0.507 e. The van der Waals surface area contributed by atoms with Crippen LogP contribution >= 0.6 is 0 Å². The third kappa shape index (κ3) is 4.09. The van der Waals surface area contributed by atoms with Gasteiger partial charge in [-0.25, -0.2) is 0 Å². The molecule has 0 unspecified atom stereocenters. The molecule has 0 aromatic heterocycles. The van der Waals surface area contributed by atoms with Crippen molar-refractivity contribution < 1.29 is 10.2 Å². The van der Waals surface area contributed by atoms with Crippen molar-refractivity contribution in [3.8, 4) is 33.8 Å². The van der Waals surface area contributed by atoms with E-state index in [1.54, 1.807) is 0 Å². The van der Waals surface area contributed by atoms with Crippen LogP contribution in [0.25, 0.3) is 22.3 Å². The van der Waals surface area contributed by atoms with Gasteiger partial charge in [0.25, 0.3) is 0 Å². The first-order chi connectivity index (χ1) is 16.6. The molecule has 0 heterocycles. The first-order valence-corrected chi connectivity index (χ1v) is 12.3. The summed E-state index contributed by atoms with van der Waals surface area (Å²) in [6.45, 7) is 2.35. The Labute approximate surface area is 202 Å². The molecular formula is C32H32O2. The molecule has 4 aromatic carbocycles. The molecule has 0 radical (unpaired) electrons. The van der Waals surface area contributed by atoms with Gasteiger partial charge in [0.15, 0.2) is 0 Å². The summed E-state index contributed by atoms with van der Waals surface area (Å²) in [6.07, 6.45) is 6.14. The van der Waals surface area contributed by atoms with Crippen molar-refractivity contribution in [2.24, 2.45) is 5.92 Å². The fourth-order valence-electron chi connectivity index (χ4n) is 5.73. The SMILES string of the molecule is CC(c1ccc(O)c(-c2ccccc2)c1)(c1ccc(O)c(-c2ccccc2)c1)C1CCCCC1. The van der Waals surface area contributed by atoms with Crippen molar-refractivity contribution in [1.29, 1.82) is 0 Å². The van der Waals surface area contributed by atoms with E-state index >= 15 is 0 Å². The first-order valence-electron chi connectivity index (χ1n) is 12.3. The van der Waals surface area contributed by atoms with Crippen LogP contribution in [0, 0.1) is 5.92 Å². The van der Waals surface area contributed by atoms with Gasteiger partial charge in [0.1, 0.15) is 11.5 Å². The van der Waals surface area contributed by atoms with Gasteiger partial charge in [-0.1, -0.05) is 99.0 Å². The highest BCUT2D eigenvalue weighted by Crippen LogP contribution is 2.48. The molecule has 2 nitrogen and oxygen atoms in total. The minimum absolute atomic E-state index is 0.241. The highest BCUT2D eigenvalue weighted by Gasteiger charge is 2.39. The smallest absolute Gasteiger partial charge is 0.123 e. The molecule has 34 heavy (non-hydrogen) atoms. The van der Waals surface area contributed by atoms with Crippen LogP contribution in [0.1, 0.15) is 50.2 Å². The summed E-state index contributed by atoms with van der Waals surface area (Å²) in [7, 11) is 0. The third-order valence-electron chi connectivity index (χ3n) is 7.78. The molecule has 0 bridgehead atoms. The Morgan fingerprint density at radius 3 is 1.47 bits per heavy atom. The monoisotopic (exact) mass is 448 g/mol. The zero-order valence-electron chi connectivity index (χ0n) is 19.7. The molecule has 1 aliphatic rings. The largest absolute Gasteiger partial charge is 0.507 e. The number of hydrogen-bond donors (Lipinski definition) is 2. The van der Waals surface area contributed by atoms with Crippen molar-refractivity contribution >= 4 is 0 Å². The van der Waals surface area contributed by atoms with Crippen molar-refractivity contribution in [3.63, 3.8) is 0 Å². The van der Waals surface area contributed by atoms with Gasteiger partial charge in [0, 0.05) is 16.5 Å². The summed E-state index contributed by atoms with van der Waals surface area (Å²) in [4.78, 5) is 0. The molecule has 1 fully saturated rings. The molecule has 0 saturated heterocycles. The Balaban J connectivity index is 1.69. The lowest BCUT2D eigenvalue weighted by molar-refractivity contribution is 0.254. The second-order valence-corrected chi connectivity index (χ2v) is 9.73. The Kier molecular flexibility index (Phi) is 6.15. The molecule has 0 aliphatic heterocycles. The zero-order valence-corrected chi connectivity index (χ0v) is 19.7. The van der Waals surface area contributed by atoms with Crippen molar-refractivity contribution in [2.45, 2.75) is 44.4 Å². The molecule has 2 heteroatoms. The predicted molar refractivity (Wildman–Crippen MR) is 140 cm³/mol. The van der Waals surface area contributed by atoms with E-state index in [4.69, 9.17) is 0 Å². The molecule has 1 aliphatic carbocycles. The predicted octanol–water partition coefficient (Wildman–Crippen LogP) is 8.32. The van der Waals surface area contributed by atoms with Crippen molar-refractivity contribution in [1.82, 2.24) is 0 Å². The third-order valence-corrected chi connectivity index (χ3v) is 7.78. The van der Waals surface area contributed by atoms with E-state index in [-0.39, 0.29) is 5.41 Å². The van der Waals surface area contributed by atoms with E-state index in [2.05, 4.69) is 31.2 Å². The lowest BCUT2D eigenvalue weighted by Crippen LogP contribution is -2.35. The summed E-state index contributed by atoms with van der Waals surface area (Å²) in [6, 6.07) is 32.4. The van der Waals surface area contributed by atoms with Crippen LogP contribution in [0.5, 0.6) is 11.5 Å². The van der Waals surface area contributed by atoms with E-state index in [9.17, 15) is 10.2 Å². The van der Waals surface area contributed by atoms with Crippen molar-refractivity contribution in [2.75, 3.05) is 0 Å². The molecule has 0 spiro atoms. The van der Waals surface area contributed by atoms with Gasteiger partial charge in [0.2, 0.25) is 0 Å². The average molecular weight is 449 g/mol. The molecule has 0 atom stereocenters. The molecule has 5 rings (SSSR count). The van der Waals surface area contributed by atoms with Crippen LogP contribution in [-0.2, 0) is 5.41 Å². The summed E-state index contributed by atoms with van der Waals surface area (Å²) in [5.41, 5.74) is 5.94. The Bertz CT molecular complexity index is 1170. The van der Waals surface area contributed by atoms with Crippen LogP contribution < -0.4 is 0 Å². The molecule has 0 amide bonds. The minimum atomic E-state index is -0.241. The van der Waals surface area contributed by atoms with Crippen LogP contribution in [0.2, 0.25) is 0 Å². The van der Waals surface area contributed by atoms with Gasteiger partial charge in [-0.2, -0.15) is 0 Å². The van der Waals surface area contributed by atoms with Crippen molar-refractivity contribution in [3.05, 3.63) is 108 Å². The number of rotatable bonds is 5. The topological polar surface area (TPSA) is 40.5 Å². The summed E-state index contributed by atoms with van der Waals surface area (Å²) in [5, 5.41) is 21.5. The highest BCUT2D eigenvalue weighted by molar-refractivity contribution is 5.73. The number of hydrogen-bond acceptors (Lipinski definition) is 2. The van der Waals surface area contributed by atoms with Crippen LogP contribution in [0.4, 0.5) is 0 Å². The number of phenols is 2. The number of benzene rings is 4. The van der Waals surface area contributed by atoms with Gasteiger partial charge in [-0.15, -0.1) is 0 Å². The summed E-state index contributed by atoms with van der Waals surface area (Å²) in [5.74, 6) is 1.09. The normalized spacial score (nSPS) is 14.7. The van der Waals surface area contributed by atoms with Gasteiger partial charge >= 0.3 is 0 Å². The Morgan fingerprint density at radius 2 is 1.03 bits per heavy atom. The van der Waals surface area contributed by atoms with E-state index in [0.717, 1.165) is 22.3 Å². The number of aromatic hydroxyl groups is 2. The summed E-state index contributed by atoms with van der Waals surface area (Å²) >= 11 is 0. The van der Waals surface area contributed by atoms with Gasteiger partial charge in [-0.3, -0.25) is 0 Å². The van der Waals surface area contributed by atoms with E-state index in [1.807, 2.05) is 72.8 Å². The lowest BCUT2D eigenvalue weighted by atomic mass is 9.62. The highest BCUT2D eigenvalue weighted by atomic mass is 16.3. The first kappa shape index (κ1) is 22.3. The fourth-order valence-corrected chi connectivity index (χ4v) is 5.73. The lowest BCUT2D eigenvalue weighted by Gasteiger charge is -2.41. The molecular weight excluding hydrogens is 416 g/mol. The summed E-state index contributed by atoms with van der Waals surface area (Å²) < 4.78 is 0. The molecule has 4 aromatic rings. The maximum Gasteiger partial charge on any atom is 0.123 e. The quantitative estimate of drug-likeness (QED) is 0.322. The molecule has 172 valence electrons. The van der Waals surface area contributed by atoms with E-state index < -0.39 is 0 Å². The zero-order chi connectivity index (χ0) is 23.5. The van der Waals surface area contributed by atoms with Crippen LogP contribution in [0.3, 0.4) is 0 Å². The second-order valence-electron chi connectivity index (χ2n) is 9.73. The maximum absolute atomic E-state index is 10.7. The van der Waals surface area contributed by atoms with Gasteiger partial charge in [-0.05, 0) is 65.3 Å². The van der Waals surface area contributed by atoms with Gasteiger partial charge < -0.3 is 10.2 Å². The standard InChI is InChI=1S/C32H32O2/c1-32(25-15-9-4-10-16-25,26-17-19-30(33)28(21-26)23-11-5-2-6-12-23)27-18-20-31(34)29(22-27)24-13-7-3-8-14-24/h2-3,5-8,11-14,17-22,25,33-34H,4,9-10,15-16H2,1H3. The van der Waals surface area contributed by atoms with Gasteiger partial charge in [0.05, 0.1) is 0 Å². The second kappa shape index (κ2) is 9.38.